The van der Waals surface area contributed by atoms with Gasteiger partial charge in [0.05, 0.1) is 5.92 Å². The van der Waals surface area contributed by atoms with Crippen molar-refractivity contribution in [1.82, 2.24) is 19.9 Å². The first kappa shape index (κ1) is 23.6. The summed E-state index contributed by atoms with van der Waals surface area (Å²) in [4.78, 5) is 21.6. The lowest BCUT2D eigenvalue weighted by atomic mass is 9.80. The number of nitrogens with one attached hydrogen (secondary N) is 1. The molecule has 1 N–H and O–H groups in total. The number of alkyl halides is 1. The minimum Gasteiger partial charge on any atom is -0.487 e. The van der Waals surface area contributed by atoms with Crippen LogP contribution in [0.25, 0.3) is 0 Å². The Morgan fingerprint density at radius 3 is 2.75 bits per heavy atom. The number of hydrogen-bond acceptors (Lipinski definition) is 6. The van der Waals surface area contributed by atoms with Crippen LogP contribution in [0.3, 0.4) is 0 Å². The van der Waals surface area contributed by atoms with Gasteiger partial charge in [-0.2, -0.15) is 4.98 Å². The lowest BCUT2D eigenvalue weighted by Crippen LogP contribution is -2.46. The predicted molar refractivity (Wildman–Crippen MR) is 128 cm³/mol. The van der Waals surface area contributed by atoms with Gasteiger partial charge in [0.25, 0.3) is 0 Å². The van der Waals surface area contributed by atoms with E-state index in [1.165, 1.54) is 18.9 Å². The molecule has 0 bridgehead atoms. The zero-order valence-corrected chi connectivity index (χ0v) is 20.6. The molecular formula is C26H33F2N5O3. The molecule has 2 aromatic rings. The fourth-order valence-corrected chi connectivity index (χ4v) is 5.29. The molecule has 10 heteroatoms. The van der Waals surface area contributed by atoms with E-state index in [4.69, 9.17) is 9.26 Å². The van der Waals surface area contributed by atoms with Crippen LogP contribution in [0.5, 0.6) is 5.75 Å². The second kappa shape index (κ2) is 9.28. The smallest absolute Gasteiger partial charge is 0.322 e. The zero-order chi connectivity index (χ0) is 24.9. The second-order valence-corrected chi connectivity index (χ2v) is 11.1. The van der Waals surface area contributed by atoms with Crippen LogP contribution in [-0.4, -0.2) is 71.0 Å². The summed E-state index contributed by atoms with van der Waals surface area (Å²) in [6.07, 6.45) is 4.31. The van der Waals surface area contributed by atoms with E-state index in [2.05, 4.69) is 20.4 Å². The number of aromatic nitrogens is 2. The molecule has 4 fully saturated rings. The van der Waals surface area contributed by atoms with Gasteiger partial charge in [-0.15, -0.1) is 0 Å². The molecule has 2 amide bonds. The molecule has 4 aliphatic rings. The number of rotatable bonds is 7. The van der Waals surface area contributed by atoms with Gasteiger partial charge in [-0.3, -0.25) is 4.90 Å². The molecule has 0 radical (unpaired) electrons. The number of ether oxygens (including phenoxy) is 1. The Bertz CT molecular complexity index is 1110. The first-order valence-electron chi connectivity index (χ1n) is 13.1. The van der Waals surface area contributed by atoms with Crippen molar-refractivity contribution in [1.29, 1.82) is 0 Å². The van der Waals surface area contributed by atoms with Crippen LogP contribution in [0.1, 0.15) is 63.1 Å². The maximum atomic E-state index is 14.8. The third-order valence-corrected chi connectivity index (χ3v) is 8.11. The van der Waals surface area contributed by atoms with Gasteiger partial charge in [0.1, 0.15) is 23.7 Å². The minimum absolute atomic E-state index is 0.0138. The number of nitrogens with zero attached hydrogens (tertiary/aromatic N) is 4. The molecule has 3 atom stereocenters. The number of likely N-dealkylation sites (tertiary alicyclic amines) is 2. The highest BCUT2D eigenvalue weighted by Gasteiger charge is 2.45. The molecule has 3 heterocycles. The molecule has 36 heavy (non-hydrogen) atoms. The van der Waals surface area contributed by atoms with Crippen molar-refractivity contribution in [2.45, 2.75) is 69.1 Å². The van der Waals surface area contributed by atoms with Crippen LogP contribution in [-0.2, 0) is 5.41 Å². The third-order valence-electron chi connectivity index (χ3n) is 8.11. The van der Waals surface area contributed by atoms with E-state index >= 15 is 0 Å². The van der Waals surface area contributed by atoms with Crippen molar-refractivity contribution >= 4 is 11.7 Å². The van der Waals surface area contributed by atoms with Crippen molar-refractivity contribution in [2.75, 3.05) is 38.0 Å². The summed E-state index contributed by atoms with van der Waals surface area (Å²) >= 11 is 0. The monoisotopic (exact) mass is 501 g/mol. The summed E-state index contributed by atoms with van der Waals surface area (Å²) in [6.45, 7) is 5.89. The van der Waals surface area contributed by atoms with Crippen molar-refractivity contribution in [2.24, 2.45) is 5.92 Å². The fourth-order valence-electron chi connectivity index (χ4n) is 5.29. The Morgan fingerprint density at radius 2 is 2.03 bits per heavy atom. The summed E-state index contributed by atoms with van der Waals surface area (Å²) in [7, 11) is 0. The van der Waals surface area contributed by atoms with E-state index < -0.39 is 12.0 Å². The summed E-state index contributed by atoms with van der Waals surface area (Å²) in [6, 6.07) is 4.29. The molecule has 0 spiro atoms. The van der Waals surface area contributed by atoms with Crippen molar-refractivity contribution in [3.63, 3.8) is 0 Å². The maximum absolute atomic E-state index is 14.8. The van der Waals surface area contributed by atoms with Crippen LogP contribution in [0.15, 0.2) is 22.7 Å². The number of carbonyl (C=O) groups excluding carboxylic acids is 1. The topological polar surface area (TPSA) is 83.7 Å². The van der Waals surface area contributed by atoms with Gasteiger partial charge < -0.3 is 19.5 Å². The number of urea groups is 1. The number of hydrogen-bond donors (Lipinski definition) is 1. The molecule has 194 valence electrons. The predicted octanol–water partition coefficient (Wildman–Crippen LogP) is 4.48. The lowest BCUT2D eigenvalue weighted by Gasteiger charge is -2.37. The quantitative estimate of drug-likeness (QED) is 0.602. The van der Waals surface area contributed by atoms with Crippen molar-refractivity contribution < 1.29 is 22.8 Å². The van der Waals surface area contributed by atoms with Gasteiger partial charge in [-0.05, 0) is 56.6 Å². The van der Waals surface area contributed by atoms with E-state index in [1.807, 2.05) is 6.92 Å². The van der Waals surface area contributed by atoms with Crippen LogP contribution in [0, 0.1) is 11.7 Å². The largest absolute Gasteiger partial charge is 0.487 e. The highest BCUT2D eigenvalue weighted by Crippen LogP contribution is 2.44. The Balaban J connectivity index is 1.06. The molecule has 2 saturated carbocycles. The fraction of sp³-hybridized carbons (Fsp3) is 0.654. The molecule has 0 unspecified atom stereocenters. The SMILES string of the molecule is CC1(c2noc([C@@H]3C[C@@H]3F)n2)CCN(C(=O)Nc2c(F)cccc2O[C@H]2CCN(CC3CC3)C2)CC1. The molecule has 8 nitrogen and oxygen atoms in total. The average Bonchev–Trinajstić information content (AvgIpc) is 3.70. The summed E-state index contributed by atoms with van der Waals surface area (Å²) in [5, 5.41) is 6.86. The number of halogens is 2. The average molecular weight is 502 g/mol. The Hall–Kier alpha value is -2.75. The normalized spacial score (nSPS) is 27.8. The Labute approximate surface area is 209 Å². The van der Waals surface area contributed by atoms with E-state index in [-0.39, 0.29) is 29.2 Å². The van der Waals surface area contributed by atoms with E-state index in [0.29, 0.717) is 49.8 Å². The van der Waals surface area contributed by atoms with Crippen LogP contribution in [0.2, 0.25) is 0 Å². The third kappa shape index (κ3) is 4.92. The number of carbonyl (C=O) groups is 1. The summed E-state index contributed by atoms with van der Waals surface area (Å²) < 4.78 is 39.6. The summed E-state index contributed by atoms with van der Waals surface area (Å²) in [5.74, 6) is 1.33. The van der Waals surface area contributed by atoms with Gasteiger partial charge in [0, 0.05) is 38.1 Å². The van der Waals surface area contributed by atoms with Crippen molar-refractivity contribution in [3.8, 4) is 5.75 Å². The Morgan fingerprint density at radius 1 is 1.25 bits per heavy atom. The minimum atomic E-state index is -0.890. The van der Waals surface area contributed by atoms with Crippen LogP contribution < -0.4 is 10.1 Å². The maximum Gasteiger partial charge on any atom is 0.322 e. The van der Waals surface area contributed by atoms with Gasteiger partial charge in [-0.25, -0.2) is 13.6 Å². The molecule has 2 aliphatic carbocycles. The van der Waals surface area contributed by atoms with E-state index in [0.717, 1.165) is 32.0 Å². The van der Waals surface area contributed by atoms with Gasteiger partial charge in [0.2, 0.25) is 5.89 Å². The van der Waals surface area contributed by atoms with Gasteiger partial charge in [0.15, 0.2) is 11.6 Å². The van der Waals surface area contributed by atoms with Crippen molar-refractivity contribution in [3.05, 3.63) is 35.7 Å². The second-order valence-electron chi connectivity index (χ2n) is 11.1. The van der Waals surface area contributed by atoms with E-state index in [1.54, 1.807) is 17.0 Å². The number of benzene rings is 1. The van der Waals surface area contributed by atoms with Gasteiger partial charge >= 0.3 is 6.03 Å². The first-order chi connectivity index (χ1) is 17.4. The standard InChI is InChI=1S/C26H33F2N5O3/c1-26(24-30-23(36-31-24)18-13-20(18)28)8-11-33(12-9-26)25(34)29-22-19(27)3-2-4-21(22)35-17-7-10-32(15-17)14-16-5-6-16/h2-4,16-18,20H,5-15H2,1H3,(H,29,34)/t17-,18+,20-/m0/s1. The number of anilines is 1. The van der Waals surface area contributed by atoms with Crippen LogP contribution in [0.4, 0.5) is 19.3 Å². The lowest BCUT2D eigenvalue weighted by molar-refractivity contribution is 0.168. The highest BCUT2D eigenvalue weighted by atomic mass is 19.1. The molecule has 6 rings (SSSR count). The number of amides is 2. The Kier molecular flexibility index (Phi) is 6.09. The zero-order valence-electron chi connectivity index (χ0n) is 20.6. The molecule has 1 aromatic carbocycles. The first-order valence-corrected chi connectivity index (χ1v) is 13.1. The van der Waals surface area contributed by atoms with E-state index in [9.17, 15) is 13.6 Å². The van der Waals surface area contributed by atoms with Gasteiger partial charge in [-0.1, -0.05) is 18.1 Å². The molecule has 2 saturated heterocycles. The number of piperidine rings is 1. The van der Waals surface area contributed by atoms with Crippen LogP contribution >= 0.6 is 0 Å². The highest BCUT2D eigenvalue weighted by molar-refractivity contribution is 5.91. The molecule has 2 aliphatic heterocycles. The summed E-state index contributed by atoms with van der Waals surface area (Å²) in [5.41, 5.74) is -0.273. The molecule has 1 aromatic heterocycles. The number of para-hydroxylation sites is 1. The molecular weight excluding hydrogens is 468 g/mol.